The molecule has 2 aromatic carbocycles. The first-order valence-electron chi connectivity index (χ1n) is 7.19. The fourth-order valence-corrected chi connectivity index (χ4v) is 2.93. The number of fused-ring (bicyclic) bond motifs is 1. The summed E-state index contributed by atoms with van der Waals surface area (Å²) in [6.07, 6.45) is 3.34. The first-order valence-corrected chi connectivity index (χ1v) is 7.57. The van der Waals surface area contributed by atoms with Gasteiger partial charge < -0.3 is 10.3 Å². The van der Waals surface area contributed by atoms with Crippen LogP contribution in [0.5, 0.6) is 0 Å². The van der Waals surface area contributed by atoms with Gasteiger partial charge in [0.05, 0.1) is 23.1 Å². The summed E-state index contributed by atoms with van der Waals surface area (Å²) in [5.41, 5.74) is 3.04. The molecule has 5 nitrogen and oxygen atoms in total. The Labute approximate surface area is 137 Å². The quantitative estimate of drug-likeness (QED) is 0.589. The normalized spacial score (nSPS) is 11.0. The van der Waals surface area contributed by atoms with Crippen LogP contribution in [0.2, 0.25) is 5.02 Å². The van der Waals surface area contributed by atoms with E-state index in [-0.39, 0.29) is 0 Å². The van der Waals surface area contributed by atoms with Crippen LogP contribution in [0.1, 0.15) is 0 Å². The Hall–Kier alpha value is -2.79. The summed E-state index contributed by atoms with van der Waals surface area (Å²) in [6, 6.07) is 14.1. The second kappa shape index (κ2) is 5.44. The number of aromatic nitrogens is 4. The minimum Gasteiger partial charge on any atom is -0.331 e. The highest BCUT2D eigenvalue weighted by Crippen LogP contribution is 2.35. The number of imidazole rings is 1. The van der Waals surface area contributed by atoms with Crippen LogP contribution in [0.25, 0.3) is 22.0 Å². The van der Waals surface area contributed by atoms with E-state index in [1.165, 1.54) is 0 Å². The zero-order chi connectivity index (χ0) is 15.8. The minimum atomic E-state index is 0.708. The van der Waals surface area contributed by atoms with Gasteiger partial charge in [-0.15, -0.1) is 0 Å². The van der Waals surface area contributed by atoms with Crippen LogP contribution in [-0.4, -0.2) is 19.7 Å². The third-order valence-corrected chi connectivity index (χ3v) is 4.09. The molecule has 6 heteroatoms. The third-order valence-electron chi connectivity index (χ3n) is 3.78. The van der Waals surface area contributed by atoms with Gasteiger partial charge in [-0.3, -0.25) is 4.68 Å². The number of nitrogens with one attached hydrogen (secondary N) is 2. The molecule has 4 rings (SSSR count). The minimum absolute atomic E-state index is 0.708. The SMILES string of the molecule is Cn1nc(Nc2cnc[nH]2)c2cc(-c3ccccc3)c(Cl)cc21. The average Bonchev–Trinajstić information content (AvgIpc) is 3.17. The van der Waals surface area contributed by atoms with Gasteiger partial charge in [-0.1, -0.05) is 41.9 Å². The van der Waals surface area contributed by atoms with E-state index in [4.69, 9.17) is 11.6 Å². The van der Waals surface area contributed by atoms with Crippen LogP contribution in [0.15, 0.2) is 55.0 Å². The van der Waals surface area contributed by atoms with E-state index in [1.807, 2.05) is 48.1 Å². The lowest BCUT2D eigenvalue weighted by molar-refractivity contribution is 0.801. The fourth-order valence-electron chi connectivity index (χ4n) is 2.66. The van der Waals surface area contributed by atoms with E-state index in [0.717, 1.165) is 33.7 Å². The summed E-state index contributed by atoms with van der Waals surface area (Å²) >= 11 is 6.48. The lowest BCUT2D eigenvalue weighted by atomic mass is 10.0. The predicted octanol–water partition coefficient (Wildman–Crippen LogP) is 4.36. The van der Waals surface area contributed by atoms with Crippen molar-refractivity contribution < 1.29 is 0 Å². The van der Waals surface area contributed by atoms with Gasteiger partial charge in [0.2, 0.25) is 0 Å². The highest BCUT2D eigenvalue weighted by atomic mass is 35.5. The first-order chi connectivity index (χ1) is 11.2. The van der Waals surface area contributed by atoms with E-state index in [9.17, 15) is 0 Å². The zero-order valence-corrected chi connectivity index (χ0v) is 13.2. The molecule has 2 heterocycles. The number of aryl methyl sites for hydroxylation is 1. The highest BCUT2D eigenvalue weighted by molar-refractivity contribution is 6.34. The topological polar surface area (TPSA) is 58.5 Å². The average molecular weight is 324 g/mol. The number of halogens is 1. The summed E-state index contributed by atoms with van der Waals surface area (Å²) < 4.78 is 1.81. The van der Waals surface area contributed by atoms with Gasteiger partial charge in [-0.05, 0) is 17.7 Å². The fraction of sp³-hybridized carbons (Fsp3) is 0.0588. The van der Waals surface area contributed by atoms with Crippen LogP contribution < -0.4 is 5.32 Å². The van der Waals surface area contributed by atoms with Gasteiger partial charge in [0.1, 0.15) is 5.82 Å². The molecule has 0 bridgehead atoms. The van der Waals surface area contributed by atoms with Gasteiger partial charge in [0, 0.05) is 18.0 Å². The molecule has 23 heavy (non-hydrogen) atoms. The van der Waals surface area contributed by atoms with Crippen molar-refractivity contribution in [2.24, 2.45) is 7.05 Å². The van der Waals surface area contributed by atoms with E-state index in [0.29, 0.717) is 5.02 Å². The van der Waals surface area contributed by atoms with Crippen LogP contribution in [-0.2, 0) is 7.05 Å². The van der Waals surface area contributed by atoms with Crippen molar-refractivity contribution in [1.82, 2.24) is 19.7 Å². The summed E-state index contributed by atoms with van der Waals surface area (Å²) in [5.74, 6) is 1.56. The summed E-state index contributed by atoms with van der Waals surface area (Å²) in [6.45, 7) is 0. The molecule has 0 aliphatic rings. The van der Waals surface area contributed by atoms with Gasteiger partial charge in [-0.2, -0.15) is 5.10 Å². The number of aromatic amines is 1. The van der Waals surface area contributed by atoms with Gasteiger partial charge in [0.25, 0.3) is 0 Å². The standard InChI is InChI=1S/C17H14ClN5/c1-23-15-8-14(18)12(11-5-3-2-4-6-11)7-13(15)17(22-23)21-16-9-19-10-20-16/h2-10H,1H3,(H,19,20)(H,21,22). The Bertz CT molecular complexity index is 958. The number of benzene rings is 2. The van der Waals surface area contributed by atoms with Crippen LogP contribution in [0, 0.1) is 0 Å². The molecule has 0 spiro atoms. The molecule has 0 atom stereocenters. The van der Waals surface area contributed by atoms with E-state index in [2.05, 4.69) is 26.4 Å². The second-order valence-corrected chi connectivity index (χ2v) is 5.68. The molecule has 0 saturated heterocycles. The number of anilines is 2. The van der Waals surface area contributed by atoms with Crippen molar-refractivity contribution in [3.05, 3.63) is 60.0 Å². The van der Waals surface area contributed by atoms with Crippen molar-refractivity contribution in [1.29, 1.82) is 0 Å². The van der Waals surface area contributed by atoms with Crippen LogP contribution in [0.3, 0.4) is 0 Å². The molecular formula is C17H14ClN5. The molecule has 2 aromatic heterocycles. The van der Waals surface area contributed by atoms with E-state index < -0.39 is 0 Å². The molecule has 0 aliphatic carbocycles. The maximum absolute atomic E-state index is 6.48. The Morgan fingerprint density at radius 1 is 1.17 bits per heavy atom. The molecule has 0 saturated carbocycles. The second-order valence-electron chi connectivity index (χ2n) is 5.28. The maximum atomic E-state index is 6.48. The molecule has 0 fully saturated rings. The lowest BCUT2D eigenvalue weighted by Crippen LogP contribution is -1.93. The molecular weight excluding hydrogens is 310 g/mol. The molecule has 0 radical (unpaired) electrons. The molecule has 0 unspecified atom stereocenters. The lowest BCUT2D eigenvalue weighted by Gasteiger charge is -2.06. The summed E-state index contributed by atoms with van der Waals surface area (Å²) in [7, 11) is 1.90. The Kier molecular flexibility index (Phi) is 3.28. The third kappa shape index (κ3) is 2.45. The largest absolute Gasteiger partial charge is 0.331 e. The smallest absolute Gasteiger partial charge is 0.161 e. The number of rotatable bonds is 3. The number of H-pyrrole nitrogens is 1. The Morgan fingerprint density at radius 3 is 2.74 bits per heavy atom. The van der Waals surface area contributed by atoms with Gasteiger partial charge in [-0.25, -0.2) is 4.98 Å². The van der Waals surface area contributed by atoms with E-state index >= 15 is 0 Å². The first kappa shape index (κ1) is 13.8. The Balaban J connectivity index is 1.89. The molecule has 0 aliphatic heterocycles. The van der Waals surface area contributed by atoms with Crippen molar-refractivity contribution in [2.75, 3.05) is 5.32 Å². The van der Waals surface area contributed by atoms with Crippen molar-refractivity contribution in [3.63, 3.8) is 0 Å². The van der Waals surface area contributed by atoms with Crippen LogP contribution >= 0.6 is 11.6 Å². The molecule has 4 aromatic rings. The van der Waals surface area contributed by atoms with Gasteiger partial charge in [0.15, 0.2) is 5.82 Å². The molecule has 0 amide bonds. The maximum Gasteiger partial charge on any atom is 0.161 e. The van der Waals surface area contributed by atoms with Crippen molar-refractivity contribution in [2.45, 2.75) is 0 Å². The van der Waals surface area contributed by atoms with E-state index in [1.54, 1.807) is 12.5 Å². The molecule has 2 N–H and O–H groups in total. The summed E-state index contributed by atoms with van der Waals surface area (Å²) in [5, 5.41) is 9.51. The van der Waals surface area contributed by atoms with Crippen molar-refractivity contribution in [3.8, 4) is 11.1 Å². The number of hydrogen-bond acceptors (Lipinski definition) is 3. The highest BCUT2D eigenvalue weighted by Gasteiger charge is 2.13. The predicted molar refractivity (Wildman–Crippen MR) is 93.0 cm³/mol. The van der Waals surface area contributed by atoms with Crippen molar-refractivity contribution >= 4 is 34.1 Å². The van der Waals surface area contributed by atoms with Crippen LogP contribution in [0.4, 0.5) is 11.6 Å². The number of hydrogen-bond donors (Lipinski definition) is 2. The summed E-state index contributed by atoms with van der Waals surface area (Å²) in [4.78, 5) is 7.03. The number of nitrogens with zero attached hydrogens (tertiary/aromatic N) is 3. The van der Waals surface area contributed by atoms with Gasteiger partial charge >= 0.3 is 0 Å². The molecule has 114 valence electrons. The Morgan fingerprint density at radius 2 is 2.00 bits per heavy atom. The monoisotopic (exact) mass is 323 g/mol. The zero-order valence-electron chi connectivity index (χ0n) is 12.4.